The van der Waals surface area contributed by atoms with Crippen LogP contribution in [0, 0.1) is 18.7 Å². The third kappa shape index (κ3) is 6.32. The van der Waals surface area contributed by atoms with E-state index in [9.17, 15) is 14.0 Å². The average Bonchev–Trinajstić information content (AvgIpc) is 3.79. The van der Waals surface area contributed by atoms with Gasteiger partial charge in [0.15, 0.2) is 0 Å². The number of rotatable bonds is 8. The summed E-state index contributed by atoms with van der Waals surface area (Å²) in [6, 6.07) is 16.5. The van der Waals surface area contributed by atoms with Gasteiger partial charge < -0.3 is 15.4 Å². The van der Waals surface area contributed by atoms with Gasteiger partial charge in [-0.2, -0.15) is 0 Å². The molecule has 1 aliphatic carbocycles. The first-order chi connectivity index (χ1) is 18.9. The second-order valence-electron chi connectivity index (χ2n) is 9.22. The van der Waals surface area contributed by atoms with Crippen LogP contribution in [0.25, 0.3) is 11.1 Å². The highest BCUT2D eigenvalue weighted by Gasteiger charge is 2.29. The molecule has 4 aromatic rings. The third-order valence-corrected chi connectivity index (χ3v) is 6.25. The lowest BCUT2D eigenvalue weighted by atomic mass is 9.97. The zero-order chi connectivity index (χ0) is 27.4. The highest BCUT2D eigenvalue weighted by molar-refractivity contribution is 6.49. The van der Waals surface area contributed by atoms with Gasteiger partial charge in [0.25, 0.3) is 5.91 Å². The quantitative estimate of drug-likeness (QED) is 0.285. The Morgan fingerprint density at radius 1 is 0.923 bits per heavy atom. The van der Waals surface area contributed by atoms with Crippen LogP contribution in [-0.2, 0) is 9.59 Å². The smallest absolute Gasteiger partial charge is 0.274 e. The number of benzene rings is 2. The van der Waals surface area contributed by atoms with E-state index in [4.69, 9.17) is 4.74 Å². The van der Waals surface area contributed by atoms with E-state index >= 15 is 0 Å². The molecule has 196 valence electrons. The zero-order valence-electron chi connectivity index (χ0n) is 21.4. The number of halogens is 1. The summed E-state index contributed by atoms with van der Waals surface area (Å²) in [7, 11) is 1.56. The maximum Gasteiger partial charge on any atom is 0.274 e. The van der Waals surface area contributed by atoms with Gasteiger partial charge in [0.2, 0.25) is 11.8 Å². The Hall–Kier alpha value is -4.92. The molecule has 0 atom stereocenters. The van der Waals surface area contributed by atoms with Gasteiger partial charge in [-0.3, -0.25) is 19.6 Å². The van der Waals surface area contributed by atoms with Gasteiger partial charge in [-0.1, -0.05) is 12.1 Å². The van der Waals surface area contributed by atoms with Gasteiger partial charge >= 0.3 is 0 Å². The number of aromatic nitrogens is 2. The van der Waals surface area contributed by atoms with Crippen LogP contribution in [0.2, 0.25) is 0 Å². The lowest BCUT2D eigenvalue weighted by molar-refractivity contribution is -0.117. The van der Waals surface area contributed by atoms with Gasteiger partial charge in [-0.15, -0.1) is 0 Å². The molecule has 1 aliphatic rings. The Morgan fingerprint density at radius 2 is 1.72 bits per heavy atom. The lowest BCUT2D eigenvalue weighted by Gasteiger charge is -2.13. The standard InChI is InChI=1S/C30H26FN5O3/c1-18-3-4-20(21-13-24(16-33-15-21)36-29(37)19-5-6-19)14-26(18)28(32-2)30(38)35-23-9-12-27(34-17-23)39-25-10-7-22(31)8-11-25/h3-4,7-17,19H,5-6H2,1-2H3,(H,35,38)(H,36,37). The van der Waals surface area contributed by atoms with Gasteiger partial charge in [0, 0.05) is 36.4 Å². The Morgan fingerprint density at radius 3 is 2.41 bits per heavy atom. The molecule has 0 bridgehead atoms. The summed E-state index contributed by atoms with van der Waals surface area (Å²) in [6.07, 6.45) is 6.65. The molecule has 1 fully saturated rings. The number of aliphatic imine (C=N–C) groups is 1. The first kappa shape index (κ1) is 25.7. The number of carbonyl (C=O) groups excluding carboxylic acids is 2. The number of hydrogen-bond acceptors (Lipinski definition) is 6. The zero-order valence-corrected chi connectivity index (χ0v) is 21.4. The van der Waals surface area contributed by atoms with E-state index in [1.165, 1.54) is 30.5 Å². The minimum absolute atomic E-state index is 0.0140. The molecule has 39 heavy (non-hydrogen) atoms. The van der Waals surface area contributed by atoms with E-state index in [2.05, 4.69) is 25.6 Å². The molecule has 1 saturated carbocycles. The highest BCUT2D eigenvalue weighted by atomic mass is 19.1. The minimum Gasteiger partial charge on any atom is -0.439 e. The number of carbonyl (C=O) groups is 2. The fraction of sp³-hybridized carbons (Fsp3) is 0.167. The normalized spacial score (nSPS) is 13.1. The van der Waals surface area contributed by atoms with Gasteiger partial charge in [-0.25, -0.2) is 9.37 Å². The van der Waals surface area contributed by atoms with Gasteiger partial charge in [0.05, 0.1) is 23.8 Å². The highest BCUT2D eigenvalue weighted by Crippen LogP contribution is 2.31. The van der Waals surface area contributed by atoms with Crippen LogP contribution in [0.5, 0.6) is 11.6 Å². The summed E-state index contributed by atoms with van der Waals surface area (Å²) in [4.78, 5) is 38.1. The fourth-order valence-corrected chi connectivity index (χ4v) is 3.99. The monoisotopic (exact) mass is 523 g/mol. The predicted octanol–water partition coefficient (Wildman–Crippen LogP) is 5.79. The maximum absolute atomic E-state index is 13.2. The molecular formula is C30H26FN5O3. The van der Waals surface area contributed by atoms with Crippen LogP contribution in [0.1, 0.15) is 24.0 Å². The molecule has 2 heterocycles. The Kier molecular flexibility index (Phi) is 7.40. The molecule has 2 aromatic carbocycles. The van der Waals surface area contributed by atoms with Crippen molar-refractivity contribution >= 4 is 28.9 Å². The van der Waals surface area contributed by atoms with E-state index in [0.29, 0.717) is 28.6 Å². The van der Waals surface area contributed by atoms with Crippen LogP contribution in [0.15, 0.2) is 84.2 Å². The minimum atomic E-state index is -0.393. The van der Waals surface area contributed by atoms with Crippen molar-refractivity contribution in [1.29, 1.82) is 0 Å². The topological polar surface area (TPSA) is 106 Å². The van der Waals surface area contributed by atoms with Crippen molar-refractivity contribution in [2.75, 3.05) is 17.7 Å². The van der Waals surface area contributed by atoms with Crippen LogP contribution in [-0.4, -0.2) is 34.5 Å². The van der Waals surface area contributed by atoms with Gasteiger partial charge in [-0.05, 0) is 73.4 Å². The number of aryl methyl sites for hydroxylation is 1. The van der Waals surface area contributed by atoms with E-state index in [1.807, 2.05) is 31.2 Å². The maximum atomic E-state index is 13.2. The fourth-order valence-electron chi connectivity index (χ4n) is 3.99. The first-order valence-corrected chi connectivity index (χ1v) is 12.4. The Balaban J connectivity index is 1.30. The van der Waals surface area contributed by atoms with Crippen molar-refractivity contribution in [3.63, 3.8) is 0 Å². The molecule has 2 amide bonds. The largest absolute Gasteiger partial charge is 0.439 e. The summed E-state index contributed by atoms with van der Waals surface area (Å²) in [5.74, 6) is 0.106. The van der Waals surface area contributed by atoms with E-state index in [0.717, 1.165) is 29.5 Å². The molecule has 2 N–H and O–H groups in total. The molecule has 0 unspecified atom stereocenters. The molecule has 8 nitrogen and oxygen atoms in total. The van der Waals surface area contributed by atoms with Crippen molar-refractivity contribution in [2.45, 2.75) is 19.8 Å². The van der Waals surface area contributed by atoms with Crippen molar-refractivity contribution in [3.8, 4) is 22.8 Å². The number of nitrogens with zero attached hydrogens (tertiary/aromatic N) is 3. The summed E-state index contributed by atoms with van der Waals surface area (Å²) >= 11 is 0. The molecule has 0 saturated heterocycles. The van der Waals surface area contributed by atoms with E-state index in [1.54, 1.807) is 31.6 Å². The van der Waals surface area contributed by atoms with Crippen LogP contribution >= 0.6 is 0 Å². The van der Waals surface area contributed by atoms with E-state index in [-0.39, 0.29) is 23.4 Å². The summed E-state index contributed by atoms with van der Waals surface area (Å²) < 4.78 is 18.7. The van der Waals surface area contributed by atoms with Crippen LogP contribution < -0.4 is 15.4 Å². The molecule has 9 heteroatoms. The molecule has 5 rings (SSSR count). The summed E-state index contributed by atoms with van der Waals surface area (Å²) in [5.41, 5.74) is 4.54. The van der Waals surface area contributed by atoms with Gasteiger partial charge in [0.1, 0.15) is 17.3 Å². The number of ether oxygens (including phenoxy) is 1. The lowest BCUT2D eigenvalue weighted by Crippen LogP contribution is -2.24. The number of hydrogen-bond donors (Lipinski definition) is 2. The average molecular weight is 524 g/mol. The number of nitrogens with one attached hydrogen (secondary N) is 2. The molecule has 0 spiro atoms. The van der Waals surface area contributed by atoms with Crippen LogP contribution in [0.3, 0.4) is 0 Å². The first-order valence-electron chi connectivity index (χ1n) is 12.4. The Labute approximate surface area is 225 Å². The van der Waals surface area contributed by atoms with E-state index < -0.39 is 5.91 Å². The number of pyridine rings is 2. The second-order valence-corrected chi connectivity index (χ2v) is 9.22. The predicted molar refractivity (Wildman–Crippen MR) is 148 cm³/mol. The van der Waals surface area contributed by atoms with Crippen molar-refractivity contribution < 1.29 is 18.7 Å². The molecule has 2 aromatic heterocycles. The third-order valence-electron chi connectivity index (χ3n) is 6.25. The second kappa shape index (κ2) is 11.2. The van der Waals surface area contributed by atoms with Crippen molar-refractivity contribution in [2.24, 2.45) is 10.9 Å². The molecule has 0 radical (unpaired) electrons. The summed E-state index contributed by atoms with van der Waals surface area (Å²) in [5, 5.41) is 5.75. The molecule has 0 aliphatic heterocycles. The SMILES string of the molecule is CN=C(C(=O)Nc1ccc(Oc2ccc(F)cc2)nc1)c1cc(-c2cncc(NC(=O)C3CC3)c2)ccc1C. The van der Waals surface area contributed by atoms with Crippen LogP contribution in [0.4, 0.5) is 15.8 Å². The number of anilines is 2. The molecular weight excluding hydrogens is 497 g/mol. The van der Waals surface area contributed by atoms with Crippen molar-refractivity contribution in [1.82, 2.24) is 9.97 Å². The number of amides is 2. The summed E-state index contributed by atoms with van der Waals surface area (Å²) in [6.45, 7) is 1.91. The Bertz CT molecular complexity index is 1550. The van der Waals surface area contributed by atoms with Crippen molar-refractivity contribution in [3.05, 3.63) is 96.2 Å².